The van der Waals surface area contributed by atoms with Gasteiger partial charge in [-0.15, -0.1) is 0 Å². The molecule has 0 spiro atoms. The van der Waals surface area contributed by atoms with Gasteiger partial charge in [-0.25, -0.2) is 8.60 Å². The van der Waals surface area contributed by atoms with Crippen molar-refractivity contribution < 1.29 is 8.60 Å². The monoisotopic (exact) mass is 218 g/mol. The van der Waals surface area contributed by atoms with Gasteiger partial charge in [-0.3, -0.25) is 0 Å². The number of benzene rings is 2. The lowest BCUT2D eigenvalue weighted by atomic mass is 10.1. The second-order valence-electron chi connectivity index (χ2n) is 3.41. The molecule has 74 valence electrons. The van der Waals surface area contributed by atoms with Crippen LogP contribution in [0.2, 0.25) is 0 Å². The van der Waals surface area contributed by atoms with Gasteiger partial charge in [0, 0.05) is 0 Å². The summed E-state index contributed by atoms with van der Waals surface area (Å²) in [5.74, 6) is -0.338. The third-order valence-corrected chi connectivity index (χ3v) is 4.01. The van der Waals surface area contributed by atoms with E-state index in [2.05, 4.69) is 0 Å². The molecular formula is C12H7FOS. The highest BCUT2D eigenvalue weighted by atomic mass is 32.2. The molecule has 1 unspecified atom stereocenters. The van der Waals surface area contributed by atoms with Crippen LogP contribution in [0.4, 0.5) is 4.39 Å². The molecular weight excluding hydrogens is 211 g/mol. The van der Waals surface area contributed by atoms with Crippen LogP contribution in [0.3, 0.4) is 0 Å². The molecule has 0 aliphatic carbocycles. The first kappa shape index (κ1) is 8.80. The van der Waals surface area contributed by atoms with Gasteiger partial charge in [0.15, 0.2) is 0 Å². The van der Waals surface area contributed by atoms with Crippen LogP contribution in [0, 0.1) is 5.82 Å². The largest absolute Gasteiger partial charge is 0.249 e. The van der Waals surface area contributed by atoms with Crippen LogP contribution in [0.25, 0.3) is 11.1 Å². The Balaban J connectivity index is 2.38. The molecule has 2 aromatic carbocycles. The van der Waals surface area contributed by atoms with Gasteiger partial charge in [-0.2, -0.15) is 0 Å². The maximum atomic E-state index is 13.0. The average molecular weight is 218 g/mol. The molecule has 0 radical (unpaired) electrons. The van der Waals surface area contributed by atoms with Gasteiger partial charge in [0.05, 0.1) is 20.6 Å². The van der Waals surface area contributed by atoms with Crippen molar-refractivity contribution >= 4 is 10.8 Å². The molecule has 0 saturated heterocycles. The van der Waals surface area contributed by atoms with Gasteiger partial charge in [0.25, 0.3) is 0 Å². The second-order valence-corrected chi connectivity index (χ2v) is 4.82. The Kier molecular flexibility index (Phi) is 1.76. The topological polar surface area (TPSA) is 17.1 Å². The molecule has 3 rings (SSSR count). The lowest BCUT2D eigenvalue weighted by molar-refractivity contribution is 0.623. The number of rotatable bonds is 0. The van der Waals surface area contributed by atoms with Crippen LogP contribution in [-0.4, -0.2) is 4.21 Å². The van der Waals surface area contributed by atoms with Crippen LogP contribution in [-0.2, 0) is 10.8 Å². The Bertz CT molecular complexity index is 578. The third-order valence-electron chi connectivity index (χ3n) is 2.52. The molecule has 1 heterocycles. The maximum Gasteiger partial charge on any atom is 0.124 e. The molecule has 2 aromatic rings. The van der Waals surface area contributed by atoms with Gasteiger partial charge >= 0.3 is 0 Å². The van der Waals surface area contributed by atoms with Crippen LogP contribution < -0.4 is 0 Å². The Morgan fingerprint density at radius 3 is 2.53 bits per heavy atom. The zero-order valence-electron chi connectivity index (χ0n) is 7.74. The first-order valence-corrected chi connectivity index (χ1v) is 5.73. The van der Waals surface area contributed by atoms with Gasteiger partial charge in [-0.05, 0) is 29.3 Å². The fraction of sp³-hybridized carbons (Fsp3) is 0. The zero-order valence-corrected chi connectivity index (χ0v) is 8.55. The summed E-state index contributed by atoms with van der Waals surface area (Å²) in [5, 5.41) is 0. The summed E-state index contributed by atoms with van der Waals surface area (Å²) in [6.45, 7) is 0. The van der Waals surface area contributed by atoms with E-state index in [1.54, 1.807) is 6.07 Å². The quantitative estimate of drug-likeness (QED) is 0.567. The van der Waals surface area contributed by atoms with Crippen LogP contribution in [0.15, 0.2) is 52.3 Å². The summed E-state index contributed by atoms with van der Waals surface area (Å²) < 4.78 is 25.0. The maximum absolute atomic E-state index is 13.0. The fourth-order valence-corrected chi connectivity index (χ4v) is 3.26. The van der Waals surface area contributed by atoms with E-state index >= 15 is 0 Å². The Hall–Kier alpha value is -1.48. The number of hydrogen-bond acceptors (Lipinski definition) is 1. The van der Waals surface area contributed by atoms with E-state index in [-0.39, 0.29) is 5.82 Å². The molecule has 0 aromatic heterocycles. The minimum absolute atomic E-state index is 0.338. The smallest absolute Gasteiger partial charge is 0.124 e. The zero-order chi connectivity index (χ0) is 10.4. The van der Waals surface area contributed by atoms with Gasteiger partial charge in [0.1, 0.15) is 5.82 Å². The van der Waals surface area contributed by atoms with Crippen molar-refractivity contribution in [2.45, 2.75) is 9.79 Å². The standard InChI is InChI=1S/C12H7FOS/c13-8-5-6-10-9-3-1-2-4-11(9)15(14)12(10)7-8/h1-7H. The van der Waals surface area contributed by atoms with Crippen molar-refractivity contribution in [3.63, 3.8) is 0 Å². The van der Waals surface area contributed by atoms with E-state index in [9.17, 15) is 8.60 Å². The lowest BCUT2D eigenvalue weighted by Gasteiger charge is -1.97. The summed E-state index contributed by atoms with van der Waals surface area (Å²) >= 11 is 0. The first-order chi connectivity index (χ1) is 7.27. The van der Waals surface area contributed by atoms with E-state index in [1.807, 2.05) is 24.3 Å². The minimum atomic E-state index is -1.22. The van der Waals surface area contributed by atoms with Crippen LogP contribution in [0.1, 0.15) is 0 Å². The summed E-state index contributed by atoms with van der Waals surface area (Å²) in [6, 6.07) is 11.9. The predicted octanol–water partition coefficient (Wildman–Crippen LogP) is 2.97. The molecule has 0 bridgehead atoms. The Morgan fingerprint density at radius 1 is 0.933 bits per heavy atom. The highest BCUT2D eigenvalue weighted by Crippen LogP contribution is 2.40. The Labute approximate surface area is 89.0 Å². The number of halogens is 1. The number of hydrogen-bond donors (Lipinski definition) is 0. The Morgan fingerprint density at radius 2 is 1.67 bits per heavy atom. The van der Waals surface area contributed by atoms with Gasteiger partial charge < -0.3 is 0 Å². The van der Waals surface area contributed by atoms with Crippen molar-refractivity contribution in [2.75, 3.05) is 0 Å². The molecule has 15 heavy (non-hydrogen) atoms. The predicted molar refractivity (Wildman–Crippen MR) is 56.5 cm³/mol. The van der Waals surface area contributed by atoms with E-state index in [4.69, 9.17) is 0 Å². The van der Waals surface area contributed by atoms with E-state index in [0.29, 0.717) is 4.90 Å². The molecule has 0 N–H and O–H groups in total. The third kappa shape index (κ3) is 1.16. The summed E-state index contributed by atoms with van der Waals surface area (Å²) in [7, 11) is -1.22. The van der Waals surface area contributed by atoms with Crippen molar-refractivity contribution in [1.82, 2.24) is 0 Å². The first-order valence-electron chi connectivity index (χ1n) is 4.58. The average Bonchev–Trinajstić information content (AvgIpc) is 2.54. The molecule has 0 saturated carbocycles. The molecule has 3 heteroatoms. The number of fused-ring (bicyclic) bond motifs is 3. The van der Waals surface area contributed by atoms with Crippen molar-refractivity contribution in [2.24, 2.45) is 0 Å². The van der Waals surface area contributed by atoms with Crippen LogP contribution in [0.5, 0.6) is 0 Å². The summed E-state index contributed by atoms with van der Waals surface area (Å²) in [4.78, 5) is 1.36. The van der Waals surface area contributed by atoms with E-state index in [1.165, 1.54) is 12.1 Å². The van der Waals surface area contributed by atoms with Gasteiger partial charge in [-0.1, -0.05) is 24.3 Å². The van der Waals surface area contributed by atoms with Gasteiger partial charge in [0.2, 0.25) is 0 Å². The fourth-order valence-electron chi connectivity index (χ4n) is 1.84. The van der Waals surface area contributed by atoms with E-state index < -0.39 is 10.8 Å². The summed E-state index contributed by atoms with van der Waals surface area (Å²) in [6.07, 6.45) is 0. The van der Waals surface area contributed by atoms with Crippen LogP contribution >= 0.6 is 0 Å². The second kappa shape index (κ2) is 3.00. The molecule has 0 amide bonds. The van der Waals surface area contributed by atoms with Crippen molar-refractivity contribution in [1.29, 1.82) is 0 Å². The highest BCUT2D eigenvalue weighted by Gasteiger charge is 2.25. The molecule has 1 atom stereocenters. The minimum Gasteiger partial charge on any atom is -0.249 e. The SMILES string of the molecule is O=S1c2ccccc2-c2ccc(F)cc21. The molecule has 1 nitrogen and oxygen atoms in total. The molecule has 0 fully saturated rings. The summed E-state index contributed by atoms with van der Waals surface area (Å²) in [5.41, 5.74) is 1.83. The molecule has 1 aliphatic heterocycles. The lowest BCUT2D eigenvalue weighted by Crippen LogP contribution is -1.86. The normalized spacial score (nSPS) is 17.3. The highest BCUT2D eigenvalue weighted by molar-refractivity contribution is 7.85. The molecule has 1 aliphatic rings. The van der Waals surface area contributed by atoms with E-state index in [0.717, 1.165) is 16.0 Å². The van der Waals surface area contributed by atoms with Crippen molar-refractivity contribution in [3.8, 4) is 11.1 Å². The van der Waals surface area contributed by atoms with Crippen molar-refractivity contribution in [3.05, 3.63) is 48.3 Å².